The van der Waals surface area contributed by atoms with E-state index in [2.05, 4.69) is 15.2 Å². The molecule has 1 aromatic heterocycles. The third-order valence-corrected chi connectivity index (χ3v) is 2.85. The van der Waals surface area contributed by atoms with Crippen LogP contribution in [0.1, 0.15) is 50.8 Å². The van der Waals surface area contributed by atoms with Gasteiger partial charge in [-0.05, 0) is 34.6 Å². The molecule has 0 bridgehead atoms. The van der Waals surface area contributed by atoms with Gasteiger partial charge in [0.2, 0.25) is 0 Å². The van der Waals surface area contributed by atoms with Crippen molar-refractivity contribution in [2.24, 2.45) is 0 Å². The number of ether oxygens (including phenoxy) is 2. The molecule has 0 aliphatic heterocycles. The molecule has 0 atom stereocenters. The fourth-order valence-corrected chi connectivity index (χ4v) is 1.94. The number of carbonyl (C=O) groups excluding carboxylic acids is 2. The summed E-state index contributed by atoms with van der Waals surface area (Å²) in [7, 11) is 1.05. The summed E-state index contributed by atoms with van der Waals surface area (Å²) in [5.74, 6) is -0.962. The number of hydrogen-bond donors (Lipinski definition) is 1. The molecule has 1 aromatic rings. The molecule has 0 unspecified atom stereocenters. The van der Waals surface area contributed by atoms with Gasteiger partial charge in [-0.3, -0.25) is 4.68 Å². The van der Waals surface area contributed by atoms with E-state index in [9.17, 15) is 22.8 Å². The molecule has 1 rings (SSSR count). The zero-order valence-corrected chi connectivity index (χ0v) is 14.9. The molecule has 0 fully saturated rings. The number of esters is 1. The molecule has 10 heteroatoms. The van der Waals surface area contributed by atoms with Gasteiger partial charge < -0.3 is 14.8 Å². The number of methoxy groups -OCH3 is 1. The molecule has 7 nitrogen and oxygen atoms in total. The van der Waals surface area contributed by atoms with Crippen molar-refractivity contribution in [2.45, 2.75) is 58.5 Å². The van der Waals surface area contributed by atoms with Gasteiger partial charge in [0.15, 0.2) is 5.69 Å². The Labute approximate surface area is 143 Å². The van der Waals surface area contributed by atoms with E-state index < -0.39 is 35.1 Å². The molecular formula is C15H22F3N3O4. The van der Waals surface area contributed by atoms with Crippen molar-refractivity contribution >= 4 is 12.1 Å². The van der Waals surface area contributed by atoms with E-state index in [1.165, 1.54) is 0 Å². The van der Waals surface area contributed by atoms with Crippen LogP contribution in [0.15, 0.2) is 6.07 Å². The Bertz CT molecular complexity index is 645. The van der Waals surface area contributed by atoms with Crippen LogP contribution in [0.4, 0.5) is 18.0 Å². The lowest BCUT2D eigenvalue weighted by atomic mass is 10.1. The van der Waals surface area contributed by atoms with Crippen LogP contribution in [0.25, 0.3) is 0 Å². The van der Waals surface area contributed by atoms with Crippen LogP contribution in [0.5, 0.6) is 0 Å². The fourth-order valence-electron chi connectivity index (χ4n) is 1.94. The molecule has 1 amide bonds. The molecule has 0 aliphatic carbocycles. The maximum absolute atomic E-state index is 12.9. The normalized spacial score (nSPS) is 12.7. The topological polar surface area (TPSA) is 82.5 Å². The molecule has 1 heterocycles. The summed E-state index contributed by atoms with van der Waals surface area (Å²) < 4.78 is 49.0. The van der Waals surface area contributed by atoms with Crippen molar-refractivity contribution in [1.29, 1.82) is 0 Å². The van der Waals surface area contributed by atoms with Gasteiger partial charge in [-0.2, -0.15) is 18.3 Å². The Morgan fingerprint density at radius 2 is 1.76 bits per heavy atom. The molecule has 0 aromatic carbocycles. The van der Waals surface area contributed by atoms with E-state index in [-0.39, 0.29) is 12.2 Å². The number of alkyl halides is 3. The number of aromatic nitrogens is 2. The van der Waals surface area contributed by atoms with E-state index in [1.54, 1.807) is 34.6 Å². The Hall–Kier alpha value is -2.26. The smallest absolute Gasteiger partial charge is 0.435 e. The number of carbonyl (C=O) groups is 2. The van der Waals surface area contributed by atoms with Crippen molar-refractivity contribution < 1.29 is 32.2 Å². The van der Waals surface area contributed by atoms with Gasteiger partial charge in [0.05, 0.1) is 19.2 Å². The van der Waals surface area contributed by atoms with Gasteiger partial charge in [-0.25, -0.2) is 9.59 Å². The summed E-state index contributed by atoms with van der Waals surface area (Å²) in [5.41, 5.74) is -3.36. The number of amides is 1. The SMILES string of the molecule is COC(=O)c1cc(C(F)(F)F)nn1CC(C)(C)NC(=O)OC(C)(C)C. The number of rotatable bonds is 4. The van der Waals surface area contributed by atoms with Gasteiger partial charge in [-0.15, -0.1) is 0 Å². The van der Waals surface area contributed by atoms with Crippen molar-refractivity contribution in [3.63, 3.8) is 0 Å². The highest BCUT2D eigenvalue weighted by Gasteiger charge is 2.37. The zero-order chi connectivity index (χ0) is 19.6. The lowest BCUT2D eigenvalue weighted by Gasteiger charge is -2.29. The van der Waals surface area contributed by atoms with Crippen LogP contribution in [-0.4, -0.2) is 40.1 Å². The minimum atomic E-state index is -4.71. The van der Waals surface area contributed by atoms with Gasteiger partial charge in [0, 0.05) is 6.07 Å². The summed E-state index contributed by atoms with van der Waals surface area (Å²) in [6.07, 6.45) is -5.45. The van der Waals surface area contributed by atoms with Crippen LogP contribution < -0.4 is 5.32 Å². The summed E-state index contributed by atoms with van der Waals surface area (Å²) in [6, 6.07) is 0.607. The number of alkyl carbamates (subject to hydrolysis) is 1. The van der Waals surface area contributed by atoms with Gasteiger partial charge in [0.25, 0.3) is 0 Å². The van der Waals surface area contributed by atoms with E-state index in [4.69, 9.17) is 4.74 Å². The van der Waals surface area contributed by atoms with Gasteiger partial charge in [-0.1, -0.05) is 0 Å². The summed E-state index contributed by atoms with van der Waals surface area (Å²) >= 11 is 0. The third kappa shape index (κ3) is 6.28. The predicted molar refractivity (Wildman–Crippen MR) is 82.0 cm³/mol. The summed E-state index contributed by atoms with van der Waals surface area (Å²) in [4.78, 5) is 23.6. The minimum absolute atomic E-state index is 0.202. The molecule has 0 radical (unpaired) electrons. The van der Waals surface area contributed by atoms with Crippen molar-refractivity contribution in [3.05, 3.63) is 17.5 Å². The summed E-state index contributed by atoms with van der Waals surface area (Å²) in [5, 5.41) is 5.95. The Balaban J connectivity index is 3.05. The Kier molecular flexibility index (Phi) is 5.76. The maximum atomic E-state index is 12.9. The van der Waals surface area contributed by atoms with Crippen LogP contribution in [-0.2, 0) is 22.2 Å². The first-order chi connectivity index (χ1) is 11.1. The van der Waals surface area contributed by atoms with Crippen LogP contribution in [0.2, 0.25) is 0 Å². The molecular weight excluding hydrogens is 343 g/mol. The van der Waals surface area contributed by atoms with Gasteiger partial charge in [0.1, 0.15) is 11.3 Å². The third-order valence-electron chi connectivity index (χ3n) is 2.85. The lowest BCUT2D eigenvalue weighted by Crippen LogP contribution is -2.48. The van der Waals surface area contributed by atoms with Crippen LogP contribution in [0.3, 0.4) is 0 Å². The first kappa shape index (κ1) is 20.8. The number of nitrogens with zero attached hydrogens (tertiary/aromatic N) is 2. The fraction of sp³-hybridized carbons (Fsp3) is 0.667. The van der Waals surface area contributed by atoms with Crippen molar-refractivity contribution in [1.82, 2.24) is 15.1 Å². The standard InChI is InChI=1S/C15H22F3N3O4/c1-13(2,3)25-12(23)19-14(4,5)8-21-9(11(22)24-6)7-10(20-21)15(16,17)18/h7H,8H2,1-6H3,(H,19,23). The van der Waals surface area contributed by atoms with E-state index in [0.717, 1.165) is 11.8 Å². The average Bonchev–Trinajstić information content (AvgIpc) is 2.77. The molecule has 0 saturated heterocycles. The monoisotopic (exact) mass is 365 g/mol. The lowest BCUT2D eigenvalue weighted by molar-refractivity contribution is -0.141. The predicted octanol–water partition coefficient (Wildman–Crippen LogP) is 2.99. The molecule has 142 valence electrons. The summed E-state index contributed by atoms with van der Waals surface area (Å²) in [6.45, 7) is 7.96. The average molecular weight is 365 g/mol. The molecule has 0 aliphatic rings. The van der Waals surface area contributed by atoms with Crippen molar-refractivity contribution in [3.8, 4) is 0 Å². The van der Waals surface area contributed by atoms with E-state index >= 15 is 0 Å². The Morgan fingerprint density at radius 1 is 1.20 bits per heavy atom. The highest BCUT2D eigenvalue weighted by Crippen LogP contribution is 2.29. The maximum Gasteiger partial charge on any atom is 0.435 e. The highest BCUT2D eigenvalue weighted by molar-refractivity contribution is 5.87. The number of nitrogens with one attached hydrogen (secondary N) is 1. The second kappa shape index (κ2) is 6.93. The first-order valence-electron chi connectivity index (χ1n) is 7.39. The second-order valence-corrected chi connectivity index (χ2v) is 7.07. The minimum Gasteiger partial charge on any atom is -0.464 e. The van der Waals surface area contributed by atoms with Gasteiger partial charge >= 0.3 is 18.2 Å². The quantitative estimate of drug-likeness (QED) is 0.830. The highest BCUT2D eigenvalue weighted by atomic mass is 19.4. The van der Waals surface area contributed by atoms with Crippen LogP contribution >= 0.6 is 0 Å². The second-order valence-electron chi connectivity index (χ2n) is 7.07. The molecule has 25 heavy (non-hydrogen) atoms. The van der Waals surface area contributed by atoms with Crippen molar-refractivity contribution in [2.75, 3.05) is 7.11 Å². The molecule has 0 saturated carbocycles. The van der Waals surface area contributed by atoms with Crippen LogP contribution in [0, 0.1) is 0 Å². The number of hydrogen-bond acceptors (Lipinski definition) is 5. The first-order valence-corrected chi connectivity index (χ1v) is 7.39. The van der Waals surface area contributed by atoms with E-state index in [0.29, 0.717) is 6.07 Å². The largest absolute Gasteiger partial charge is 0.464 e. The van der Waals surface area contributed by atoms with E-state index in [1.807, 2.05) is 0 Å². The Morgan fingerprint density at radius 3 is 2.20 bits per heavy atom. The molecule has 0 spiro atoms. The zero-order valence-electron chi connectivity index (χ0n) is 14.9. The molecule has 1 N–H and O–H groups in total. The number of halogens is 3.